The number of phenols is 1. The highest BCUT2D eigenvalue weighted by Gasteiger charge is 2.20. The predicted octanol–water partition coefficient (Wildman–Crippen LogP) is 3.69. The number of hydrogen-bond acceptors (Lipinski definition) is 4. The molecule has 2 rings (SSSR count). The summed E-state index contributed by atoms with van der Waals surface area (Å²) in [5.74, 6) is 0.669. The second-order valence-electron chi connectivity index (χ2n) is 5.25. The van der Waals surface area contributed by atoms with Crippen LogP contribution in [0.25, 0.3) is 0 Å². The number of hydrogen-bond donors (Lipinski definition) is 1. The lowest BCUT2D eigenvalue weighted by atomic mass is 10.1. The SMILES string of the molecule is C=CCc1cc(S(=O)(=O)c2ccc(OC)c(CC=C)c2)ccc1O. The van der Waals surface area contributed by atoms with Gasteiger partial charge in [0.15, 0.2) is 0 Å². The van der Waals surface area contributed by atoms with E-state index in [4.69, 9.17) is 4.74 Å². The first-order chi connectivity index (χ1) is 11.4. The summed E-state index contributed by atoms with van der Waals surface area (Å²) in [5.41, 5.74) is 1.27. The zero-order chi connectivity index (χ0) is 17.7. The van der Waals surface area contributed by atoms with Crippen molar-refractivity contribution in [1.29, 1.82) is 0 Å². The van der Waals surface area contributed by atoms with E-state index in [0.717, 1.165) is 5.56 Å². The van der Waals surface area contributed by atoms with Crippen LogP contribution < -0.4 is 4.74 Å². The number of phenolic OH excluding ortho intramolecular Hbond substituents is 1. The zero-order valence-electron chi connectivity index (χ0n) is 13.5. The molecule has 0 unspecified atom stereocenters. The molecule has 4 nitrogen and oxygen atoms in total. The summed E-state index contributed by atoms with van der Waals surface area (Å²) >= 11 is 0. The minimum absolute atomic E-state index is 0.0518. The van der Waals surface area contributed by atoms with E-state index in [1.54, 1.807) is 24.3 Å². The van der Waals surface area contributed by atoms with Gasteiger partial charge in [0.25, 0.3) is 0 Å². The second-order valence-corrected chi connectivity index (χ2v) is 7.20. The molecule has 1 N–H and O–H groups in total. The Labute approximate surface area is 142 Å². The molecule has 0 amide bonds. The minimum Gasteiger partial charge on any atom is -0.508 e. The first-order valence-corrected chi connectivity index (χ1v) is 8.88. The Hall–Kier alpha value is -2.53. The molecular weight excluding hydrogens is 324 g/mol. The van der Waals surface area contributed by atoms with Gasteiger partial charge < -0.3 is 9.84 Å². The van der Waals surface area contributed by atoms with Crippen LogP contribution in [-0.4, -0.2) is 20.6 Å². The van der Waals surface area contributed by atoms with E-state index >= 15 is 0 Å². The molecule has 0 radical (unpaired) electrons. The Morgan fingerprint density at radius 3 is 2.12 bits per heavy atom. The molecule has 2 aromatic rings. The molecule has 0 fully saturated rings. The van der Waals surface area contributed by atoms with Crippen LogP contribution in [0.3, 0.4) is 0 Å². The average molecular weight is 344 g/mol. The highest BCUT2D eigenvalue weighted by molar-refractivity contribution is 7.91. The van der Waals surface area contributed by atoms with E-state index in [2.05, 4.69) is 13.2 Å². The van der Waals surface area contributed by atoms with Gasteiger partial charge >= 0.3 is 0 Å². The largest absolute Gasteiger partial charge is 0.508 e. The maximum Gasteiger partial charge on any atom is 0.206 e. The lowest BCUT2D eigenvalue weighted by Crippen LogP contribution is -2.04. The Kier molecular flexibility index (Phi) is 5.46. The lowest BCUT2D eigenvalue weighted by molar-refractivity contribution is 0.410. The highest BCUT2D eigenvalue weighted by Crippen LogP contribution is 2.29. The molecule has 0 saturated heterocycles. The van der Waals surface area contributed by atoms with E-state index in [9.17, 15) is 13.5 Å². The molecule has 24 heavy (non-hydrogen) atoms. The zero-order valence-corrected chi connectivity index (χ0v) is 14.3. The van der Waals surface area contributed by atoms with Gasteiger partial charge in [0.1, 0.15) is 11.5 Å². The van der Waals surface area contributed by atoms with Crippen molar-refractivity contribution in [1.82, 2.24) is 0 Å². The third-order valence-corrected chi connectivity index (χ3v) is 5.40. The number of methoxy groups -OCH3 is 1. The van der Waals surface area contributed by atoms with Gasteiger partial charge in [-0.25, -0.2) is 8.42 Å². The normalized spacial score (nSPS) is 11.0. The molecule has 0 aliphatic carbocycles. The Bertz CT molecular complexity index is 867. The Morgan fingerprint density at radius 1 is 1.00 bits per heavy atom. The highest BCUT2D eigenvalue weighted by atomic mass is 32.2. The van der Waals surface area contributed by atoms with Crippen molar-refractivity contribution in [2.24, 2.45) is 0 Å². The van der Waals surface area contributed by atoms with E-state index in [1.807, 2.05) is 0 Å². The van der Waals surface area contributed by atoms with Crippen LogP contribution in [0, 0.1) is 0 Å². The molecule has 0 saturated carbocycles. The third-order valence-electron chi connectivity index (χ3n) is 3.65. The fourth-order valence-electron chi connectivity index (χ4n) is 2.42. The molecule has 0 aliphatic heterocycles. The summed E-state index contributed by atoms with van der Waals surface area (Å²) in [5, 5.41) is 9.81. The molecule has 126 valence electrons. The van der Waals surface area contributed by atoms with Crippen molar-refractivity contribution >= 4 is 9.84 Å². The molecule has 0 atom stereocenters. The summed E-state index contributed by atoms with van der Waals surface area (Å²) in [6.45, 7) is 7.30. The summed E-state index contributed by atoms with van der Waals surface area (Å²) in [6, 6.07) is 9.01. The third kappa shape index (κ3) is 3.51. The van der Waals surface area contributed by atoms with Crippen LogP contribution in [0.4, 0.5) is 0 Å². The van der Waals surface area contributed by atoms with Gasteiger partial charge in [-0.15, -0.1) is 13.2 Å². The topological polar surface area (TPSA) is 63.6 Å². The van der Waals surface area contributed by atoms with Gasteiger partial charge in [0.2, 0.25) is 9.84 Å². The van der Waals surface area contributed by atoms with Crippen molar-refractivity contribution in [2.45, 2.75) is 22.6 Å². The summed E-state index contributed by atoms with van der Waals surface area (Å²) in [4.78, 5) is 0.308. The molecule has 2 aromatic carbocycles. The average Bonchev–Trinajstić information content (AvgIpc) is 2.57. The van der Waals surface area contributed by atoms with Crippen LogP contribution in [-0.2, 0) is 22.7 Å². The molecule has 0 spiro atoms. The number of benzene rings is 2. The molecule has 0 aromatic heterocycles. The standard InChI is InChI=1S/C19H20O4S/c1-4-6-14-12-16(8-10-18(14)20)24(21,22)17-9-11-19(23-3)15(13-17)7-5-2/h4-5,8-13,20H,1-2,6-7H2,3H3. The fourth-order valence-corrected chi connectivity index (χ4v) is 3.78. The van der Waals surface area contributed by atoms with Crippen LogP contribution in [0.15, 0.2) is 71.5 Å². The first-order valence-electron chi connectivity index (χ1n) is 7.39. The van der Waals surface area contributed by atoms with Crippen molar-refractivity contribution in [2.75, 3.05) is 7.11 Å². The molecule has 0 aliphatic rings. The van der Waals surface area contributed by atoms with Crippen molar-refractivity contribution in [3.63, 3.8) is 0 Å². The smallest absolute Gasteiger partial charge is 0.206 e. The van der Waals surface area contributed by atoms with Gasteiger partial charge in [-0.2, -0.15) is 0 Å². The first kappa shape index (κ1) is 17.8. The van der Waals surface area contributed by atoms with Gasteiger partial charge in [-0.1, -0.05) is 12.2 Å². The van der Waals surface area contributed by atoms with Crippen molar-refractivity contribution in [3.8, 4) is 11.5 Å². The molecule has 0 bridgehead atoms. The van der Waals surface area contributed by atoms with E-state index in [0.29, 0.717) is 24.2 Å². The van der Waals surface area contributed by atoms with E-state index < -0.39 is 9.84 Å². The van der Waals surface area contributed by atoms with Gasteiger partial charge in [-0.05, 0) is 60.4 Å². The van der Waals surface area contributed by atoms with Gasteiger partial charge in [0, 0.05) is 0 Å². The van der Waals surface area contributed by atoms with Gasteiger partial charge in [0.05, 0.1) is 16.9 Å². The van der Waals surface area contributed by atoms with E-state index in [-0.39, 0.29) is 15.5 Å². The van der Waals surface area contributed by atoms with Crippen molar-refractivity contribution in [3.05, 3.63) is 72.8 Å². The number of rotatable bonds is 7. The maximum atomic E-state index is 12.9. The summed E-state index contributed by atoms with van der Waals surface area (Å²) < 4.78 is 31.0. The quantitative estimate of drug-likeness (QED) is 0.778. The maximum absolute atomic E-state index is 12.9. The Morgan fingerprint density at radius 2 is 1.54 bits per heavy atom. The van der Waals surface area contributed by atoms with Crippen LogP contribution in [0.2, 0.25) is 0 Å². The summed E-state index contributed by atoms with van der Waals surface area (Å²) in [6.07, 6.45) is 4.20. The number of aromatic hydroxyl groups is 1. The van der Waals surface area contributed by atoms with Crippen LogP contribution in [0.5, 0.6) is 11.5 Å². The molecule has 0 heterocycles. The fraction of sp³-hybridized carbons (Fsp3) is 0.158. The Balaban J connectivity index is 2.54. The number of allylic oxidation sites excluding steroid dienone is 2. The lowest BCUT2D eigenvalue weighted by Gasteiger charge is -2.11. The second kappa shape index (κ2) is 7.36. The van der Waals surface area contributed by atoms with Gasteiger partial charge in [-0.3, -0.25) is 0 Å². The molecular formula is C19H20O4S. The molecule has 5 heteroatoms. The van der Waals surface area contributed by atoms with Crippen LogP contribution in [0.1, 0.15) is 11.1 Å². The monoisotopic (exact) mass is 344 g/mol. The number of ether oxygens (including phenoxy) is 1. The predicted molar refractivity (Wildman–Crippen MR) is 94.4 cm³/mol. The van der Waals surface area contributed by atoms with Crippen LogP contribution >= 0.6 is 0 Å². The minimum atomic E-state index is -3.70. The van der Waals surface area contributed by atoms with Crippen molar-refractivity contribution < 1.29 is 18.3 Å². The van der Waals surface area contributed by atoms with E-state index in [1.165, 1.54) is 31.4 Å². The summed E-state index contributed by atoms with van der Waals surface area (Å²) in [7, 11) is -2.16. The number of sulfone groups is 1.